The predicted octanol–water partition coefficient (Wildman–Crippen LogP) is 3.47. The summed E-state index contributed by atoms with van der Waals surface area (Å²) in [5.41, 5.74) is 4.52. The van der Waals surface area contributed by atoms with Crippen molar-refractivity contribution in [2.75, 3.05) is 24.7 Å². The van der Waals surface area contributed by atoms with Crippen LogP contribution in [0.2, 0.25) is 0 Å². The third-order valence-electron chi connectivity index (χ3n) is 5.91. The number of amides is 1. The Morgan fingerprint density at radius 1 is 1.29 bits per heavy atom. The first-order valence-corrected chi connectivity index (χ1v) is 11.2. The first kappa shape index (κ1) is 21.6. The van der Waals surface area contributed by atoms with Crippen molar-refractivity contribution in [2.45, 2.75) is 40.3 Å². The van der Waals surface area contributed by atoms with Crippen LogP contribution >= 0.6 is 15.9 Å². The summed E-state index contributed by atoms with van der Waals surface area (Å²) >= 11 is 3.56. The summed E-state index contributed by atoms with van der Waals surface area (Å²) in [6.45, 7) is 10.2. The van der Waals surface area contributed by atoms with Crippen molar-refractivity contribution < 1.29 is 9.53 Å². The number of fused-ring (bicyclic) bond motifs is 1. The molecule has 8 heteroatoms. The number of aryl methyl sites for hydroxylation is 2. The van der Waals surface area contributed by atoms with Crippen LogP contribution in [0.15, 0.2) is 33.7 Å². The number of hydrogen-bond donors (Lipinski definition) is 2. The molecular weight excluding hydrogens is 460 g/mol. The number of aromatic nitrogens is 2. The molecule has 4 rings (SSSR count). The van der Waals surface area contributed by atoms with E-state index in [1.165, 1.54) is 0 Å². The number of aromatic amines is 1. The van der Waals surface area contributed by atoms with Gasteiger partial charge in [-0.25, -0.2) is 0 Å². The van der Waals surface area contributed by atoms with Crippen LogP contribution in [-0.4, -0.2) is 41.1 Å². The molecule has 2 N–H and O–H groups in total. The fourth-order valence-electron chi connectivity index (χ4n) is 4.24. The lowest BCUT2D eigenvalue weighted by Crippen LogP contribution is -2.50. The largest absolute Gasteiger partial charge is 0.377 e. The number of nitrogens with one attached hydrogen (secondary N) is 2. The molecule has 0 atom stereocenters. The van der Waals surface area contributed by atoms with Crippen molar-refractivity contribution in [1.29, 1.82) is 0 Å². The Labute approximate surface area is 189 Å². The van der Waals surface area contributed by atoms with Crippen molar-refractivity contribution in [2.24, 2.45) is 0 Å². The van der Waals surface area contributed by atoms with Crippen LogP contribution in [-0.2, 0) is 11.3 Å². The van der Waals surface area contributed by atoms with E-state index in [1.807, 2.05) is 45.2 Å². The topological polar surface area (TPSA) is 78.8 Å². The van der Waals surface area contributed by atoms with E-state index in [1.54, 1.807) is 0 Å². The highest BCUT2D eigenvalue weighted by atomic mass is 79.9. The molecule has 3 aromatic heterocycles. The van der Waals surface area contributed by atoms with Crippen molar-refractivity contribution in [3.05, 3.63) is 67.2 Å². The van der Waals surface area contributed by atoms with Crippen molar-refractivity contribution in [1.82, 2.24) is 14.7 Å². The summed E-state index contributed by atoms with van der Waals surface area (Å²) in [5, 5.41) is 2.95. The summed E-state index contributed by atoms with van der Waals surface area (Å²) in [5.74, 6) is 0.798. The van der Waals surface area contributed by atoms with Crippen molar-refractivity contribution in [3.63, 3.8) is 0 Å². The average Bonchev–Trinajstić information content (AvgIpc) is 3.03. The van der Waals surface area contributed by atoms with Gasteiger partial charge in [-0.1, -0.05) is 0 Å². The summed E-state index contributed by atoms with van der Waals surface area (Å²) in [4.78, 5) is 30.6. The molecule has 1 saturated heterocycles. The minimum Gasteiger partial charge on any atom is -0.377 e. The maximum absolute atomic E-state index is 13.2. The van der Waals surface area contributed by atoms with E-state index in [4.69, 9.17) is 4.74 Å². The highest BCUT2D eigenvalue weighted by Crippen LogP contribution is 2.31. The Morgan fingerprint density at radius 3 is 2.65 bits per heavy atom. The lowest BCUT2D eigenvalue weighted by Gasteiger charge is -2.39. The van der Waals surface area contributed by atoms with Crippen LogP contribution in [0.3, 0.4) is 0 Å². The molecule has 0 aromatic carbocycles. The summed E-state index contributed by atoms with van der Waals surface area (Å²) < 4.78 is 8.49. The van der Waals surface area contributed by atoms with Gasteiger partial charge in [0.1, 0.15) is 5.82 Å². The number of nitrogens with zero attached hydrogens (tertiary/aromatic N) is 2. The first-order valence-electron chi connectivity index (χ1n) is 10.4. The number of rotatable bonds is 6. The number of ether oxygens (including phenoxy) is 1. The second-order valence-electron chi connectivity index (χ2n) is 8.06. The molecule has 0 radical (unpaired) electrons. The molecule has 3 aromatic rings. The zero-order valence-electron chi connectivity index (χ0n) is 18.2. The average molecular weight is 487 g/mol. The third kappa shape index (κ3) is 4.02. The van der Waals surface area contributed by atoms with Crippen LogP contribution in [0.4, 0.5) is 5.82 Å². The number of carbonyl (C=O) groups excluding carboxylic acids is 1. The lowest BCUT2D eigenvalue weighted by molar-refractivity contribution is 0.00810. The molecule has 1 aliphatic heterocycles. The molecule has 0 spiro atoms. The van der Waals surface area contributed by atoms with E-state index in [9.17, 15) is 9.59 Å². The minimum absolute atomic E-state index is 0.164. The van der Waals surface area contributed by atoms with Crippen LogP contribution in [0.25, 0.3) is 5.52 Å². The van der Waals surface area contributed by atoms with E-state index in [0.717, 1.165) is 39.2 Å². The Hall–Kier alpha value is -2.58. The van der Waals surface area contributed by atoms with Gasteiger partial charge < -0.3 is 24.3 Å². The normalized spacial score (nSPS) is 14.0. The third-order valence-corrected chi connectivity index (χ3v) is 6.35. The number of H-pyrrole nitrogens is 1. The number of halogens is 1. The standard InChI is InChI=1S/C23H27BrN4O3/c1-5-27(18-11-31-12-18)23-15(4)19(8-17-7-16(24)10-28(17)23)21(29)25-9-20-13(2)6-14(3)26-22(20)30/h6-8,10,18H,5,9,11-12H2,1-4H3,(H,25,29)(H,26,30). The number of anilines is 1. The maximum Gasteiger partial charge on any atom is 0.253 e. The first-order chi connectivity index (χ1) is 14.8. The molecule has 0 saturated carbocycles. The number of carbonyl (C=O) groups is 1. The fourth-order valence-corrected chi connectivity index (χ4v) is 4.68. The Kier molecular flexibility index (Phi) is 5.94. The van der Waals surface area contributed by atoms with Gasteiger partial charge in [0.05, 0.1) is 19.3 Å². The second-order valence-corrected chi connectivity index (χ2v) is 8.98. The Balaban J connectivity index is 1.71. The number of likely N-dealkylation sites (N-methyl/N-ethyl adjacent to an activating group) is 1. The minimum atomic E-state index is -0.196. The quantitative estimate of drug-likeness (QED) is 0.558. The van der Waals surface area contributed by atoms with Gasteiger partial charge in [0.2, 0.25) is 0 Å². The molecule has 1 amide bonds. The van der Waals surface area contributed by atoms with Gasteiger partial charge in [-0.05, 0) is 67.4 Å². The van der Waals surface area contributed by atoms with Gasteiger partial charge >= 0.3 is 0 Å². The zero-order chi connectivity index (χ0) is 22.3. The van der Waals surface area contributed by atoms with Gasteiger partial charge in [-0.3, -0.25) is 9.59 Å². The smallest absolute Gasteiger partial charge is 0.253 e. The predicted molar refractivity (Wildman–Crippen MR) is 125 cm³/mol. The maximum atomic E-state index is 13.2. The molecule has 4 heterocycles. The Morgan fingerprint density at radius 2 is 2.03 bits per heavy atom. The number of hydrogen-bond acceptors (Lipinski definition) is 4. The molecule has 1 aliphatic rings. The van der Waals surface area contributed by atoms with Gasteiger partial charge in [-0.15, -0.1) is 0 Å². The van der Waals surface area contributed by atoms with Gasteiger partial charge in [-0.2, -0.15) is 0 Å². The Bertz CT molecular complexity index is 1210. The molecule has 164 valence electrons. The summed E-state index contributed by atoms with van der Waals surface area (Å²) in [7, 11) is 0. The van der Waals surface area contributed by atoms with Crippen molar-refractivity contribution in [3.8, 4) is 0 Å². The van der Waals surface area contributed by atoms with Crippen LogP contribution in [0.5, 0.6) is 0 Å². The van der Waals surface area contributed by atoms with Gasteiger partial charge in [0, 0.05) is 51.7 Å². The molecular formula is C23H27BrN4O3. The van der Waals surface area contributed by atoms with Crippen molar-refractivity contribution >= 4 is 33.2 Å². The molecule has 1 fully saturated rings. The van der Waals surface area contributed by atoms with E-state index in [-0.39, 0.29) is 18.0 Å². The van der Waals surface area contributed by atoms with E-state index < -0.39 is 0 Å². The van der Waals surface area contributed by atoms with Gasteiger partial charge in [0.25, 0.3) is 11.5 Å². The number of pyridine rings is 2. The molecule has 0 bridgehead atoms. The van der Waals surface area contributed by atoms with E-state index in [0.29, 0.717) is 30.4 Å². The van der Waals surface area contributed by atoms with Gasteiger partial charge in [0.15, 0.2) is 0 Å². The summed E-state index contributed by atoms with van der Waals surface area (Å²) in [6.07, 6.45) is 2.02. The molecule has 31 heavy (non-hydrogen) atoms. The monoisotopic (exact) mass is 486 g/mol. The highest BCUT2D eigenvalue weighted by molar-refractivity contribution is 9.10. The molecule has 0 aliphatic carbocycles. The zero-order valence-corrected chi connectivity index (χ0v) is 19.8. The van der Waals surface area contributed by atoms with Crippen LogP contribution in [0, 0.1) is 20.8 Å². The fraction of sp³-hybridized carbons (Fsp3) is 0.391. The summed E-state index contributed by atoms with van der Waals surface area (Å²) in [6, 6.07) is 6.10. The molecule has 7 nitrogen and oxygen atoms in total. The van der Waals surface area contributed by atoms with Crippen LogP contribution < -0.4 is 15.8 Å². The van der Waals surface area contributed by atoms with Crippen LogP contribution in [0.1, 0.15) is 39.7 Å². The second kappa shape index (κ2) is 8.51. The molecule has 0 unspecified atom stereocenters. The van der Waals surface area contributed by atoms with E-state index >= 15 is 0 Å². The lowest BCUT2D eigenvalue weighted by atomic mass is 10.1. The van der Waals surface area contributed by atoms with E-state index in [2.05, 4.69) is 42.5 Å². The SMILES string of the molecule is CCN(c1c(C)c(C(=O)NCc2c(C)cc(C)[nH]c2=O)cc2cc(Br)cn12)C1COC1. The highest BCUT2D eigenvalue weighted by Gasteiger charge is 2.29.